The number of benzene rings is 3. The average Bonchev–Trinajstić information content (AvgIpc) is 2.84. The number of hydrogen-bond donors (Lipinski definition) is 2. The van der Waals surface area contributed by atoms with Gasteiger partial charge in [0.1, 0.15) is 17.2 Å². The molecule has 1 atom stereocenters. The van der Waals surface area contributed by atoms with E-state index in [-0.39, 0.29) is 11.6 Å². The van der Waals surface area contributed by atoms with Crippen molar-refractivity contribution in [2.24, 2.45) is 10.2 Å². The fourth-order valence-electron chi connectivity index (χ4n) is 3.02. The Hall–Kier alpha value is -4.53. The molecule has 3 aromatic carbocycles. The maximum Gasteiger partial charge on any atom is 0.258 e. The zero-order valence-corrected chi connectivity index (χ0v) is 18.9. The van der Waals surface area contributed by atoms with Crippen LogP contribution in [-0.4, -0.2) is 37.9 Å². The molecule has 0 aliphatic carbocycles. The Labute approximate surface area is 196 Å². The van der Waals surface area contributed by atoms with E-state index in [2.05, 4.69) is 20.9 Å². The molecule has 3 rings (SSSR count). The number of amides is 2. The van der Waals surface area contributed by atoms with Crippen LogP contribution in [0.2, 0.25) is 0 Å². The number of rotatable bonds is 9. The van der Waals surface area contributed by atoms with Crippen LogP contribution in [-0.2, 0) is 9.59 Å². The van der Waals surface area contributed by atoms with Gasteiger partial charge in [-0.05, 0) is 49.4 Å². The molecule has 174 valence electrons. The van der Waals surface area contributed by atoms with E-state index in [1.54, 1.807) is 60.7 Å². The Morgan fingerprint density at radius 2 is 1.50 bits per heavy atom. The van der Waals surface area contributed by atoms with Crippen molar-refractivity contribution in [1.82, 2.24) is 0 Å². The van der Waals surface area contributed by atoms with Gasteiger partial charge in [-0.3, -0.25) is 14.4 Å². The lowest BCUT2D eigenvalue weighted by molar-refractivity contribution is -0.126. The van der Waals surface area contributed by atoms with Crippen molar-refractivity contribution in [2.45, 2.75) is 13.0 Å². The standard InChI is InChI=1S/C25H24N4O5/c1-16(30)23(25(32)27-19-11-7-8-12-21(19)33-2)29-28-20-15-17(13-14-22(20)34-3)24(31)26-18-9-5-4-6-10-18/h4-15,23H,1-3H3,(H,26,31)(H,27,32). The summed E-state index contributed by atoms with van der Waals surface area (Å²) in [5, 5.41) is 13.4. The minimum absolute atomic E-state index is 0.194. The Bertz CT molecular complexity index is 1210. The Morgan fingerprint density at radius 3 is 2.18 bits per heavy atom. The molecular weight excluding hydrogens is 436 g/mol. The minimum atomic E-state index is -1.41. The van der Waals surface area contributed by atoms with Crippen molar-refractivity contribution < 1.29 is 23.9 Å². The van der Waals surface area contributed by atoms with E-state index < -0.39 is 17.7 Å². The van der Waals surface area contributed by atoms with Crippen LogP contribution >= 0.6 is 0 Å². The summed E-state index contributed by atoms with van der Waals surface area (Å²) in [6.45, 7) is 1.24. The second-order valence-corrected chi connectivity index (χ2v) is 7.12. The fraction of sp³-hybridized carbons (Fsp3) is 0.160. The van der Waals surface area contributed by atoms with E-state index in [1.165, 1.54) is 27.2 Å². The third-order valence-corrected chi connectivity index (χ3v) is 4.75. The Balaban J connectivity index is 1.83. The molecule has 0 saturated heterocycles. The molecule has 34 heavy (non-hydrogen) atoms. The van der Waals surface area contributed by atoms with Crippen molar-refractivity contribution in [3.05, 3.63) is 78.4 Å². The van der Waals surface area contributed by atoms with Gasteiger partial charge in [0, 0.05) is 11.3 Å². The van der Waals surface area contributed by atoms with E-state index >= 15 is 0 Å². The first-order chi connectivity index (χ1) is 16.4. The van der Waals surface area contributed by atoms with Gasteiger partial charge in [0.25, 0.3) is 11.8 Å². The topological polar surface area (TPSA) is 118 Å². The molecule has 9 heteroatoms. The molecule has 0 saturated carbocycles. The highest BCUT2D eigenvalue weighted by atomic mass is 16.5. The summed E-state index contributed by atoms with van der Waals surface area (Å²) in [6.07, 6.45) is 0. The Kier molecular flexibility index (Phi) is 8.07. The summed E-state index contributed by atoms with van der Waals surface area (Å²) in [5.74, 6) is -0.769. The number of hydrogen-bond acceptors (Lipinski definition) is 7. The molecule has 0 aliphatic heterocycles. The number of carbonyl (C=O) groups is 3. The van der Waals surface area contributed by atoms with Crippen molar-refractivity contribution in [3.63, 3.8) is 0 Å². The zero-order valence-electron chi connectivity index (χ0n) is 18.9. The SMILES string of the molecule is COc1ccc(C(=O)Nc2ccccc2)cc1N=NC(C(C)=O)C(=O)Nc1ccccc1OC. The second kappa shape index (κ2) is 11.4. The number of azo groups is 1. The maximum absolute atomic E-state index is 12.7. The first-order valence-electron chi connectivity index (χ1n) is 10.3. The summed E-state index contributed by atoms with van der Waals surface area (Å²) in [7, 11) is 2.91. The summed E-state index contributed by atoms with van der Waals surface area (Å²) in [5.41, 5.74) is 1.53. The van der Waals surface area contributed by atoms with Crippen LogP contribution < -0.4 is 20.1 Å². The summed E-state index contributed by atoms with van der Waals surface area (Å²) < 4.78 is 10.5. The van der Waals surface area contributed by atoms with Crippen LogP contribution in [0.4, 0.5) is 17.1 Å². The number of ketones is 1. The van der Waals surface area contributed by atoms with Crippen LogP contribution in [0.5, 0.6) is 11.5 Å². The number of nitrogens with one attached hydrogen (secondary N) is 2. The predicted octanol–water partition coefficient (Wildman–Crippen LogP) is 4.64. The van der Waals surface area contributed by atoms with Gasteiger partial charge in [-0.1, -0.05) is 30.3 Å². The molecule has 3 aromatic rings. The van der Waals surface area contributed by atoms with Gasteiger partial charge < -0.3 is 20.1 Å². The first kappa shape index (κ1) is 24.1. The quantitative estimate of drug-likeness (QED) is 0.356. The van der Waals surface area contributed by atoms with Crippen LogP contribution in [0, 0.1) is 0 Å². The fourth-order valence-corrected chi connectivity index (χ4v) is 3.02. The van der Waals surface area contributed by atoms with Gasteiger partial charge in [-0.25, -0.2) is 0 Å². The smallest absolute Gasteiger partial charge is 0.258 e. The lowest BCUT2D eigenvalue weighted by atomic mass is 10.1. The van der Waals surface area contributed by atoms with E-state index in [0.29, 0.717) is 28.4 Å². The van der Waals surface area contributed by atoms with Gasteiger partial charge in [-0.2, -0.15) is 10.2 Å². The van der Waals surface area contributed by atoms with Crippen molar-refractivity contribution >= 4 is 34.7 Å². The van der Waals surface area contributed by atoms with E-state index in [0.717, 1.165) is 0 Å². The summed E-state index contributed by atoms with van der Waals surface area (Å²) >= 11 is 0. The molecule has 0 heterocycles. The minimum Gasteiger partial charge on any atom is -0.495 e. The number of para-hydroxylation sites is 3. The molecule has 0 bridgehead atoms. The van der Waals surface area contributed by atoms with Gasteiger partial charge in [0.05, 0.1) is 19.9 Å². The number of methoxy groups -OCH3 is 2. The third-order valence-electron chi connectivity index (χ3n) is 4.75. The highest BCUT2D eigenvalue weighted by Gasteiger charge is 2.24. The molecule has 0 aromatic heterocycles. The monoisotopic (exact) mass is 460 g/mol. The molecule has 0 fully saturated rings. The van der Waals surface area contributed by atoms with Gasteiger partial charge in [0.2, 0.25) is 6.04 Å². The van der Waals surface area contributed by atoms with Crippen molar-refractivity contribution in [1.29, 1.82) is 0 Å². The molecule has 0 aliphatic rings. The number of ether oxygens (including phenoxy) is 2. The van der Waals surface area contributed by atoms with Crippen LogP contribution in [0.1, 0.15) is 17.3 Å². The normalized spacial score (nSPS) is 11.5. The van der Waals surface area contributed by atoms with Gasteiger partial charge in [-0.15, -0.1) is 0 Å². The van der Waals surface area contributed by atoms with E-state index in [4.69, 9.17) is 9.47 Å². The van der Waals surface area contributed by atoms with Gasteiger partial charge >= 0.3 is 0 Å². The van der Waals surface area contributed by atoms with Gasteiger partial charge in [0.15, 0.2) is 5.78 Å². The lowest BCUT2D eigenvalue weighted by Crippen LogP contribution is -2.31. The molecule has 1 unspecified atom stereocenters. The number of Topliss-reactive ketones (excluding diaryl/α,β-unsaturated/α-hetero) is 1. The summed E-state index contributed by atoms with van der Waals surface area (Å²) in [6, 6.07) is 19.0. The maximum atomic E-state index is 12.7. The van der Waals surface area contributed by atoms with Crippen molar-refractivity contribution in [3.8, 4) is 11.5 Å². The molecule has 2 amide bonds. The summed E-state index contributed by atoms with van der Waals surface area (Å²) in [4.78, 5) is 37.5. The molecule has 2 N–H and O–H groups in total. The van der Waals surface area contributed by atoms with Crippen LogP contribution in [0.3, 0.4) is 0 Å². The van der Waals surface area contributed by atoms with Crippen molar-refractivity contribution in [2.75, 3.05) is 24.9 Å². The zero-order chi connectivity index (χ0) is 24.5. The Morgan fingerprint density at radius 1 is 0.824 bits per heavy atom. The van der Waals surface area contributed by atoms with Crippen LogP contribution in [0.25, 0.3) is 0 Å². The average molecular weight is 460 g/mol. The number of nitrogens with zero attached hydrogens (tertiary/aromatic N) is 2. The lowest BCUT2D eigenvalue weighted by Gasteiger charge is -2.12. The van der Waals surface area contributed by atoms with Crippen LogP contribution in [0.15, 0.2) is 83.0 Å². The molecular formula is C25H24N4O5. The second-order valence-electron chi connectivity index (χ2n) is 7.12. The van der Waals surface area contributed by atoms with E-state index in [1.807, 2.05) is 6.07 Å². The predicted molar refractivity (Wildman–Crippen MR) is 128 cm³/mol. The van der Waals surface area contributed by atoms with E-state index in [9.17, 15) is 14.4 Å². The highest BCUT2D eigenvalue weighted by molar-refractivity contribution is 6.10. The molecule has 0 radical (unpaired) electrons. The highest BCUT2D eigenvalue weighted by Crippen LogP contribution is 2.30. The molecule has 9 nitrogen and oxygen atoms in total. The molecule has 0 spiro atoms. The number of carbonyl (C=O) groups excluding carboxylic acids is 3. The largest absolute Gasteiger partial charge is 0.495 e. The first-order valence-corrected chi connectivity index (χ1v) is 10.3. The number of anilines is 2. The third kappa shape index (κ3) is 6.04.